The molecule has 0 radical (unpaired) electrons. The molecular weight excluding hydrogens is 327 g/mol. The van der Waals surface area contributed by atoms with Gasteiger partial charge in [-0.2, -0.15) is 4.31 Å². The second-order valence-corrected chi connectivity index (χ2v) is 6.47. The Kier molecular flexibility index (Phi) is 6.86. The summed E-state index contributed by atoms with van der Waals surface area (Å²) in [6, 6.07) is 4.44. The summed E-state index contributed by atoms with van der Waals surface area (Å²) in [7, 11) is -1.24. The van der Waals surface area contributed by atoms with E-state index in [2.05, 4.69) is 10.1 Å². The van der Waals surface area contributed by atoms with Crippen LogP contribution in [-0.2, 0) is 24.3 Å². The van der Waals surface area contributed by atoms with E-state index in [4.69, 9.17) is 0 Å². The summed E-state index contributed by atoms with van der Waals surface area (Å²) in [4.78, 5) is 22.2. The molecule has 1 N–H and O–H groups in total. The first-order valence-electron chi connectivity index (χ1n) is 6.53. The van der Waals surface area contributed by atoms with Crippen LogP contribution in [0.25, 0.3) is 0 Å². The minimum atomic E-state index is -3.76. The molecule has 0 bridgehead atoms. The van der Waals surface area contributed by atoms with Crippen LogP contribution in [0.15, 0.2) is 41.3 Å². The van der Waals surface area contributed by atoms with E-state index < -0.39 is 27.7 Å². The fourth-order valence-corrected chi connectivity index (χ4v) is 2.69. The van der Waals surface area contributed by atoms with Crippen molar-refractivity contribution in [1.29, 1.82) is 0 Å². The van der Waals surface area contributed by atoms with Gasteiger partial charge in [0.2, 0.25) is 15.9 Å². The maximum absolute atomic E-state index is 12.8. The Morgan fingerprint density at radius 2 is 1.87 bits per heavy atom. The Hall–Kier alpha value is -2.26. The summed E-state index contributed by atoms with van der Waals surface area (Å²) < 4.78 is 42.6. The molecule has 0 spiro atoms. The van der Waals surface area contributed by atoms with Gasteiger partial charge in [-0.25, -0.2) is 17.6 Å². The van der Waals surface area contributed by atoms with E-state index in [0.29, 0.717) is 0 Å². The van der Waals surface area contributed by atoms with E-state index in [-0.39, 0.29) is 18.0 Å². The van der Waals surface area contributed by atoms with Gasteiger partial charge in [-0.1, -0.05) is 0 Å². The molecular formula is C14H17FN2O5S. The zero-order chi connectivity index (χ0) is 17.5. The molecule has 0 atom stereocenters. The lowest BCUT2D eigenvalue weighted by atomic mass is 10.4. The number of rotatable bonds is 7. The lowest BCUT2D eigenvalue weighted by molar-refractivity contribution is -0.135. The van der Waals surface area contributed by atoms with Crippen molar-refractivity contribution in [3.05, 3.63) is 42.2 Å². The van der Waals surface area contributed by atoms with Crippen molar-refractivity contribution in [1.82, 2.24) is 9.62 Å². The van der Waals surface area contributed by atoms with Crippen molar-refractivity contribution in [2.45, 2.75) is 4.90 Å². The van der Waals surface area contributed by atoms with Crippen LogP contribution in [0.1, 0.15) is 0 Å². The predicted octanol–water partition coefficient (Wildman–Crippen LogP) is 0.292. The molecule has 9 heteroatoms. The van der Waals surface area contributed by atoms with Crippen LogP contribution < -0.4 is 5.32 Å². The highest BCUT2D eigenvalue weighted by molar-refractivity contribution is 7.89. The lowest BCUT2D eigenvalue weighted by Gasteiger charge is -2.17. The maximum atomic E-state index is 12.8. The van der Waals surface area contributed by atoms with Crippen molar-refractivity contribution in [3.63, 3.8) is 0 Å². The number of carbonyl (C=O) groups excluding carboxylic acids is 2. The third-order valence-corrected chi connectivity index (χ3v) is 4.69. The van der Waals surface area contributed by atoms with Gasteiger partial charge in [0.25, 0.3) is 0 Å². The number of esters is 1. The number of nitrogens with zero attached hydrogens (tertiary/aromatic N) is 1. The Morgan fingerprint density at radius 3 is 2.43 bits per heavy atom. The lowest BCUT2D eigenvalue weighted by Crippen LogP contribution is -2.35. The van der Waals surface area contributed by atoms with Crippen LogP contribution in [-0.4, -0.2) is 51.8 Å². The number of sulfonamides is 1. The highest BCUT2D eigenvalue weighted by Crippen LogP contribution is 2.14. The number of amides is 1. The summed E-state index contributed by atoms with van der Waals surface area (Å²) in [6.07, 6.45) is 1.94. The smallest absolute Gasteiger partial charge is 0.330 e. The first-order chi connectivity index (χ1) is 10.8. The Bertz CT molecular complexity index is 686. The van der Waals surface area contributed by atoms with E-state index in [1.54, 1.807) is 0 Å². The van der Waals surface area contributed by atoms with E-state index in [1.807, 2.05) is 0 Å². The van der Waals surface area contributed by atoms with Crippen molar-refractivity contribution < 1.29 is 27.1 Å². The van der Waals surface area contributed by atoms with Crippen molar-refractivity contribution in [3.8, 4) is 0 Å². The number of methoxy groups -OCH3 is 1. The van der Waals surface area contributed by atoms with Crippen molar-refractivity contribution in [2.24, 2.45) is 0 Å². The van der Waals surface area contributed by atoms with Gasteiger partial charge in [0.15, 0.2) is 0 Å². The Labute approximate surface area is 133 Å². The molecule has 126 valence electrons. The SMILES string of the molecule is COC(=O)/C=C/C(=O)NCCN(C)S(=O)(=O)c1ccc(F)cc1. The van der Waals surface area contributed by atoms with Crippen LogP contribution in [0.2, 0.25) is 0 Å². The number of likely N-dealkylation sites (N-methyl/N-ethyl adjacent to an activating group) is 1. The minimum Gasteiger partial charge on any atom is -0.466 e. The largest absolute Gasteiger partial charge is 0.466 e. The second-order valence-electron chi connectivity index (χ2n) is 4.43. The molecule has 1 amide bonds. The van der Waals surface area contributed by atoms with Crippen molar-refractivity contribution >= 4 is 21.9 Å². The first-order valence-corrected chi connectivity index (χ1v) is 7.97. The Morgan fingerprint density at radius 1 is 1.26 bits per heavy atom. The average molecular weight is 344 g/mol. The van der Waals surface area contributed by atoms with E-state index >= 15 is 0 Å². The zero-order valence-electron chi connectivity index (χ0n) is 12.7. The molecule has 0 heterocycles. The molecule has 0 aromatic heterocycles. The Balaban J connectivity index is 2.54. The van der Waals surface area contributed by atoms with Gasteiger partial charge in [0.1, 0.15) is 5.82 Å². The first kappa shape index (κ1) is 18.8. The zero-order valence-corrected chi connectivity index (χ0v) is 13.5. The molecule has 0 unspecified atom stereocenters. The molecule has 0 aliphatic heterocycles. The van der Waals surface area contributed by atoms with Gasteiger partial charge >= 0.3 is 5.97 Å². The van der Waals surface area contributed by atoms with Gasteiger partial charge in [0, 0.05) is 32.3 Å². The van der Waals surface area contributed by atoms with Crippen LogP contribution in [0.5, 0.6) is 0 Å². The van der Waals surface area contributed by atoms with Gasteiger partial charge in [-0.3, -0.25) is 4.79 Å². The molecule has 0 aliphatic rings. The van der Waals surface area contributed by atoms with Crippen LogP contribution in [0, 0.1) is 5.82 Å². The minimum absolute atomic E-state index is 0.0114. The summed E-state index contributed by atoms with van der Waals surface area (Å²) in [5, 5.41) is 2.43. The van der Waals surface area contributed by atoms with Crippen LogP contribution >= 0.6 is 0 Å². The molecule has 0 saturated carbocycles. The van der Waals surface area contributed by atoms with Crippen molar-refractivity contribution in [2.75, 3.05) is 27.2 Å². The van der Waals surface area contributed by atoms with E-state index in [1.165, 1.54) is 26.3 Å². The van der Waals surface area contributed by atoms with E-state index in [9.17, 15) is 22.4 Å². The fraction of sp³-hybridized carbons (Fsp3) is 0.286. The summed E-state index contributed by atoms with van der Waals surface area (Å²) >= 11 is 0. The third kappa shape index (κ3) is 5.80. The predicted molar refractivity (Wildman–Crippen MR) is 80.4 cm³/mol. The molecule has 1 aromatic rings. The summed E-state index contributed by atoms with van der Waals surface area (Å²) in [5.41, 5.74) is 0. The highest BCUT2D eigenvalue weighted by Gasteiger charge is 2.20. The van der Waals surface area contributed by atoms with Gasteiger partial charge in [0.05, 0.1) is 12.0 Å². The monoisotopic (exact) mass is 344 g/mol. The number of halogens is 1. The topological polar surface area (TPSA) is 92.8 Å². The average Bonchev–Trinajstić information content (AvgIpc) is 2.52. The molecule has 23 heavy (non-hydrogen) atoms. The number of nitrogens with one attached hydrogen (secondary N) is 1. The van der Waals surface area contributed by atoms with Crippen LogP contribution in [0.4, 0.5) is 4.39 Å². The molecule has 7 nitrogen and oxygen atoms in total. The normalized spacial score (nSPS) is 11.7. The standard InChI is InChI=1S/C14H17FN2O5S/c1-17(10-9-16-13(18)7-8-14(19)22-2)23(20,21)12-5-3-11(15)4-6-12/h3-8H,9-10H2,1-2H3,(H,16,18)/b8-7+. The molecule has 1 aromatic carbocycles. The van der Waals surface area contributed by atoms with Gasteiger partial charge in [-0.05, 0) is 24.3 Å². The van der Waals surface area contributed by atoms with E-state index in [0.717, 1.165) is 28.6 Å². The molecule has 0 fully saturated rings. The fourth-order valence-electron chi connectivity index (χ4n) is 1.51. The quantitative estimate of drug-likeness (QED) is 0.567. The number of hydrogen-bond acceptors (Lipinski definition) is 5. The summed E-state index contributed by atoms with van der Waals surface area (Å²) in [5.74, 6) is -1.75. The number of ether oxygens (including phenoxy) is 1. The molecule has 0 saturated heterocycles. The van der Waals surface area contributed by atoms with Gasteiger partial charge < -0.3 is 10.1 Å². The molecule has 1 rings (SSSR count). The second kappa shape index (κ2) is 8.39. The number of benzene rings is 1. The number of carbonyl (C=O) groups is 2. The third-order valence-electron chi connectivity index (χ3n) is 2.82. The highest BCUT2D eigenvalue weighted by atomic mass is 32.2. The van der Waals surface area contributed by atoms with Crippen LogP contribution in [0.3, 0.4) is 0 Å². The number of hydrogen-bond donors (Lipinski definition) is 1. The summed E-state index contributed by atoms with van der Waals surface area (Å²) in [6.45, 7) is 0.0543. The van der Waals surface area contributed by atoms with Gasteiger partial charge in [-0.15, -0.1) is 0 Å². The molecule has 0 aliphatic carbocycles. The maximum Gasteiger partial charge on any atom is 0.330 e.